The number of amides is 1. The van der Waals surface area contributed by atoms with Gasteiger partial charge in [0.05, 0.1) is 0 Å². The van der Waals surface area contributed by atoms with Gasteiger partial charge in [-0.1, -0.05) is 30.3 Å². The Kier molecular flexibility index (Phi) is 3.80. The van der Waals surface area contributed by atoms with Crippen LogP contribution in [0.3, 0.4) is 0 Å². The van der Waals surface area contributed by atoms with E-state index in [4.69, 9.17) is 4.74 Å². The molecule has 4 saturated carbocycles. The van der Waals surface area contributed by atoms with Crippen LogP contribution in [0.4, 0.5) is 4.79 Å². The van der Waals surface area contributed by atoms with Gasteiger partial charge in [0.2, 0.25) is 0 Å². The van der Waals surface area contributed by atoms with Crippen LogP contribution >= 0.6 is 0 Å². The largest absolute Gasteiger partial charge is 0.445 e. The summed E-state index contributed by atoms with van der Waals surface area (Å²) in [6.45, 7) is 0.464. The highest BCUT2D eigenvalue weighted by atomic mass is 16.5. The van der Waals surface area contributed by atoms with Crippen molar-refractivity contribution in [3.05, 3.63) is 35.9 Å². The van der Waals surface area contributed by atoms with E-state index in [2.05, 4.69) is 5.32 Å². The molecule has 0 aliphatic heterocycles. The molecule has 1 aromatic rings. The van der Waals surface area contributed by atoms with Crippen molar-refractivity contribution < 1.29 is 14.6 Å². The Morgan fingerprint density at radius 3 is 2.52 bits per heavy atom. The molecule has 1 aromatic carbocycles. The maximum Gasteiger partial charge on any atom is 0.407 e. The fourth-order valence-electron chi connectivity index (χ4n) is 5.63. The maximum absolute atomic E-state index is 12.3. The van der Waals surface area contributed by atoms with E-state index in [9.17, 15) is 9.90 Å². The summed E-state index contributed by atoms with van der Waals surface area (Å²) in [7, 11) is 0. The molecule has 0 radical (unpaired) electrons. The summed E-state index contributed by atoms with van der Waals surface area (Å²) < 4.78 is 5.43. The van der Waals surface area contributed by atoms with Gasteiger partial charge in [-0.3, -0.25) is 0 Å². The van der Waals surface area contributed by atoms with Gasteiger partial charge in [-0.15, -0.1) is 0 Å². The number of alkyl carbamates (subject to hydrolysis) is 1. The topological polar surface area (TPSA) is 58.6 Å². The minimum Gasteiger partial charge on any atom is -0.445 e. The van der Waals surface area contributed by atoms with Crippen molar-refractivity contribution in [1.29, 1.82) is 0 Å². The van der Waals surface area contributed by atoms with Crippen LogP contribution in [0, 0.1) is 23.7 Å². The molecule has 1 amide bonds. The standard InChI is InChI=1S/C19H25NO3/c21-11-17-16-7-14-6-15(8-16)10-19(17,9-14)20-18(22)23-12-13-4-2-1-3-5-13/h1-5,14-17,21H,6-12H2,(H,20,22). The van der Waals surface area contributed by atoms with Crippen LogP contribution in [-0.2, 0) is 11.3 Å². The predicted molar refractivity (Wildman–Crippen MR) is 86.6 cm³/mol. The molecule has 0 spiro atoms. The highest BCUT2D eigenvalue weighted by molar-refractivity contribution is 5.68. The molecule has 4 aliphatic rings. The molecular formula is C19H25NO3. The molecule has 4 aliphatic carbocycles. The van der Waals surface area contributed by atoms with Crippen molar-refractivity contribution in [2.24, 2.45) is 23.7 Å². The zero-order chi connectivity index (χ0) is 15.9. The molecule has 4 fully saturated rings. The first-order valence-electron chi connectivity index (χ1n) is 8.78. The summed E-state index contributed by atoms with van der Waals surface area (Å²) in [4.78, 5) is 12.3. The molecule has 3 unspecified atom stereocenters. The molecule has 124 valence electrons. The van der Waals surface area contributed by atoms with Gasteiger partial charge in [-0.25, -0.2) is 4.79 Å². The Morgan fingerprint density at radius 1 is 1.17 bits per heavy atom. The molecule has 2 N–H and O–H groups in total. The van der Waals surface area contributed by atoms with Gasteiger partial charge in [-0.05, 0) is 55.4 Å². The molecule has 4 nitrogen and oxygen atoms in total. The summed E-state index contributed by atoms with van der Waals surface area (Å²) >= 11 is 0. The summed E-state index contributed by atoms with van der Waals surface area (Å²) in [6, 6.07) is 9.74. The summed E-state index contributed by atoms with van der Waals surface area (Å²) in [5.74, 6) is 2.19. The fourth-order valence-corrected chi connectivity index (χ4v) is 5.63. The van der Waals surface area contributed by atoms with Gasteiger partial charge in [-0.2, -0.15) is 0 Å². The highest BCUT2D eigenvalue weighted by Gasteiger charge is 2.57. The number of benzene rings is 1. The Hall–Kier alpha value is -1.55. The van der Waals surface area contributed by atoms with Gasteiger partial charge in [0.15, 0.2) is 0 Å². The maximum atomic E-state index is 12.3. The van der Waals surface area contributed by atoms with Gasteiger partial charge >= 0.3 is 6.09 Å². The summed E-state index contributed by atoms with van der Waals surface area (Å²) in [5.41, 5.74) is 0.754. The van der Waals surface area contributed by atoms with Gasteiger partial charge in [0, 0.05) is 18.1 Å². The highest BCUT2D eigenvalue weighted by Crippen LogP contribution is 2.58. The number of aliphatic hydroxyl groups excluding tert-OH is 1. The normalized spacial score (nSPS) is 37.6. The van der Waals surface area contributed by atoms with Crippen molar-refractivity contribution in [2.75, 3.05) is 6.61 Å². The summed E-state index contributed by atoms with van der Waals surface area (Å²) in [6.07, 6.45) is 5.43. The van der Waals surface area contributed by atoms with Crippen LogP contribution in [0.5, 0.6) is 0 Å². The number of nitrogens with one attached hydrogen (secondary N) is 1. The van der Waals surface area contributed by atoms with E-state index in [0.29, 0.717) is 24.4 Å². The van der Waals surface area contributed by atoms with E-state index in [-0.39, 0.29) is 24.2 Å². The lowest BCUT2D eigenvalue weighted by Gasteiger charge is -2.60. The van der Waals surface area contributed by atoms with Crippen LogP contribution in [0.15, 0.2) is 30.3 Å². The van der Waals surface area contributed by atoms with Crippen LogP contribution in [-0.4, -0.2) is 23.3 Å². The molecule has 5 rings (SSSR count). The first kappa shape index (κ1) is 15.0. The number of hydrogen-bond donors (Lipinski definition) is 2. The third-order valence-corrected chi connectivity index (χ3v) is 6.28. The van der Waals surface area contributed by atoms with E-state index in [1.54, 1.807) is 0 Å². The molecule has 4 bridgehead atoms. The Labute approximate surface area is 137 Å². The van der Waals surface area contributed by atoms with E-state index < -0.39 is 0 Å². The molecular weight excluding hydrogens is 290 g/mol. The number of carbonyl (C=O) groups excluding carboxylic acids is 1. The van der Waals surface area contributed by atoms with Crippen LogP contribution in [0.1, 0.15) is 37.7 Å². The van der Waals surface area contributed by atoms with Crippen molar-refractivity contribution >= 4 is 6.09 Å². The number of rotatable bonds is 4. The average Bonchev–Trinajstić information content (AvgIpc) is 2.53. The monoisotopic (exact) mass is 315 g/mol. The predicted octanol–water partition coefficient (Wildman–Crippen LogP) is 3.10. The molecule has 0 saturated heterocycles. The number of aliphatic hydroxyl groups is 1. The molecule has 4 heteroatoms. The fraction of sp³-hybridized carbons (Fsp3) is 0.632. The van der Waals surface area contributed by atoms with E-state index >= 15 is 0 Å². The van der Waals surface area contributed by atoms with Gasteiger partial charge in [0.25, 0.3) is 0 Å². The third-order valence-electron chi connectivity index (χ3n) is 6.28. The minimum atomic E-state index is -0.339. The molecule has 23 heavy (non-hydrogen) atoms. The lowest BCUT2D eigenvalue weighted by molar-refractivity contribution is -0.0891. The third kappa shape index (κ3) is 2.74. The van der Waals surface area contributed by atoms with Crippen molar-refractivity contribution in [2.45, 2.75) is 44.2 Å². The Bertz CT molecular complexity index is 559. The zero-order valence-electron chi connectivity index (χ0n) is 13.4. The first-order valence-corrected chi connectivity index (χ1v) is 8.78. The van der Waals surface area contributed by atoms with Gasteiger partial charge < -0.3 is 15.2 Å². The lowest BCUT2D eigenvalue weighted by atomic mass is 9.48. The van der Waals surface area contributed by atoms with Crippen molar-refractivity contribution in [3.8, 4) is 0 Å². The van der Waals surface area contributed by atoms with Crippen LogP contribution in [0.25, 0.3) is 0 Å². The smallest absolute Gasteiger partial charge is 0.407 e. The first-order chi connectivity index (χ1) is 11.2. The second-order valence-electron chi connectivity index (χ2n) is 7.74. The zero-order valence-corrected chi connectivity index (χ0v) is 13.4. The molecule has 3 atom stereocenters. The molecule has 0 aromatic heterocycles. The van der Waals surface area contributed by atoms with Crippen LogP contribution < -0.4 is 5.32 Å². The van der Waals surface area contributed by atoms with Gasteiger partial charge in [0.1, 0.15) is 6.61 Å². The van der Waals surface area contributed by atoms with E-state index in [1.807, 2.05) is 30.3 Å². The van der Waals surface area contributed by atoms with E-state index in [1.165, 1.54) is 19.3 Å². The average molecular weight is 315 g/mol. The van der Waals surface area contributed by atoms with Crippen LogP contribution in [0.2, 0.25) is 0 Å². The quantitative estimate of drug-likeness (QED) is 0.897. The van der Waals surface area contributed by atoms with E-state index in [0.717, 1.165) is 18.4 Å². The Morgan fingerprint density at radius 2 is 1.87 bits per heavy atom. The van der Waals surface area contributed by atoms with Crippen molar-refractivity contribution in [3.63, 3.8) is 0 Å². The number of carbonyl (C=O) groups is 1. The molecule has 0 heterocycles. The lowest BCUT2D eigenvalue weighted by Crippen LogP contribution is -2.66. The van der Waals surface area contributed by atoms with Crippen molar-refractivity contribution in [1.82, 2.24) is 5.32 Å². The summed E-state index contributed by atoms with van der Waals surface area (Å²) in [5, 5.41) is 13.1. The minimum absolute atomic E-state index is 0.170. The number of ether oxygens (including phenoxy) is 1. The second kappa shape index (κ2) is 5.82. The number of hydrogen-bond acceptors (Lipinski definition) is 3. The Balaban J connectivity index is 1.43. The second-order valence-corrected chi connectivity index (χ2v) is 7.74. The SMILES string of the molecule is O=C(NC12CC3CC(CC(C3)C1CO)C2)OCc1ccccc1.